The fourth-order valence-electron chi connectivity index (χ4n) is 2.57. The fraction of sp³-hybridized carbons (Fsp3) is 0.615. The Hall–Kier alpha value is -0.630. The van der Waals surface area contributed by atoms with Crippen molar-refractivity contribution in [2.45, 2.75) is 44.9 Å². The Bertz CT molecular complexity index is 294. The van der Waals surface area contributed by atoms with Gasteiger partial charge in [0.1, 0.15) is 6.29 Å². The van der Waals surface area contributed by atoms with Crippen molar-refractivity contribution in [2.24, 2.45) is 5.41 Å². The van der Waals surface area contributed by atoms with Crippen LogP contribution in [0.1, 0.15) is 44.1 Å². The van der Waals surface area contributed by atoms with Crippen LogP contribution in [-0.2, 0) is 11.2 Å². The van der Waals surface area contributed by atoms with Crippen LogP contribution in [0.4, 0.5) is 0 Å². The zero-order valence-corrected chi connectivity index (χ0v) is 9.89. The summed E-state index contributed by atoms with van der Waals surface area (Å²) in [6.45, 7) is 0. The third-order valence-corrected chi connectivity index (χ3v) is 4.22. The van der Waals surface area contributed by atoms with Crippen LogP contribution in [-0.4, -0.2) is 6.29 Å². The van der Waals surface area contributed by atoms with E-state index in [1.54, 1.807) is 11.3 Å². The number of hydrogen-bond acceptors (Lipinski definition) is 2. The van der Waals surface area contributed by atoms with Gasteiger partial charge in [0.15, 0.2) is 0 Å². The van der Waals surface area contributed by atoms with Crippen molar-refractivity contribution in [3.05, 3.63) is 22.4 Å². The van der Waals surface area contributed by atoms with Gasteiger partial charge in [-0.15, -0.1) is 0 Å². The second kappa shape index (κ2) is 4.93. The molecule has 0 N–H and O–H groups in total. The van der Waals surface area contributed by atoms with Crippen LogP contribution in [0, 0.1) is 5.41 Å². The molecule has 1 nitrogen and oxygen atoms in total. The van der Waals surface area contributed by atoms with Gasteiger partial charge in [0.05, 0.1) is 0 Å². The van der Waals surface area contributed by atoms with Crippen LogP contribution in [0.5, 0.6) is 0 Å². The molecule has 1 fully saturated rings. The van der Waals surface area contributed by atoms with Crippen molar-refractivity contribution in [1.29, 1.82) is 0 Å². The minimum atomic E-state index is -0.0441. The molecule has 1 saturated carbocycles. The Balaban J connectivity index is 2.09. The molecular weight excluding hydrogens is 204 g/mol. The standard InChI is InChI=1S/C13H18OS/c14-11-13(6-3-1-2-4-7-13)9-12-5-8-15-10-12/h5,8,10-11H,1-4,6-7,9H2. The molecule has 0 amide bonds. The predicted octanol–water partition coefficient (Wildman–Crippen LogP) is 3.83. The van der Waals surface area contributed by atoms with E-state index in [2.05, 4.69) is 16.8 Å². The Morgan fingerprint density at radius 2 is 2.00 bits per heavy atom. The number of carbonyl (C=O) groups is 1. The van der Waals surface area contributed by atoms with Crippen molar-refractivity contribution < 1.29 is 4.79 Å². The molecular formula is C13H18OS. The summed E-state index contributed by atoms with van der Waals surface area (Å²) in [5.74, 6) is 0. The van der Waals surface area contributed by atoms with Crippen LogP contribution >= 0.6 is 11.3 Å². The van der Waals surface area contributed by atoms with E-state index in [0.29, 0.717) is 0 Å². The minimum absolute atomic E-state index is 0.0441. The van der Waals surface area contributed by atoms with Crippen molar-refractivity contribution in [3.8, 4) is 0 Å². The van der Waals surface area contributed by atoms with Gasteiger partial charge >= 0.3 is 0 Å². The Kier molecular flexibility index (Phi) is 3.57. The summed E-state index contributed by atoms with van der Waals surface area (Å²) in [6.07, 6.45) is 9.43. The van der Waals surface area contributed by atoms with Crippen LogP contribution in [0.25, 0.3) is 0 Å². The van der Waals surface area contributed by atoms with E-state index in [1.807, 2.05) is 0 Å². The van der Waals surface area contributed by atoms with Crippen LogP contribution in [0.15, 0.2) is 16.8 Å². The zero-order chi connectivity index (χ0) is 10.6. The van der Waals surface area contributed by atoms with Gasteiger partial charge in [0, 0.05) is 5.41 Å². The number of aldehydes is 1. The molecule has 0 radical (unpaired) electrons. The van der Waals surface area contributed by atoms with E-state index in [-0.39, 0.29) is 5.41 Å². The SMILES string of the molecule is O=CC1(Cc2ccsc2)CCCCCC1. The third-order valence-electron chi connectivity index (χ3n) is 3.49. The smallest absolute Gasteiger partial charge is 0.126 e. The second-order valence-corrected chi connectivity index (χ2v) is 5.48. The molecule has 0 aliphatic heterocycles. The van der Waals surface area contributed by atoms with Crippen molar-refractivity contribution in [2.75, 3.05) is 0 Å². The van der Waals surface area contributed by atoms with Gasteiger partial charge in [-0.2, -0.15) is 11.3 Å². The van der Waals surface area contributed by atoms with Crippen LogP contribution in [0.3, 0.4) is 0 Å². The first-order chi connectivity index (χ1) is 7.35. The van der Waals surface area contributed by atoms with Gasteiger partial charge in [-0.1, -0.05) is 25.7 Å². The van der Waals surface area contributed by atoms with E-state index >= 15 is 0 Å². The van der Waals surface area contributed by atoms with Gasteiger partial charge < -0.3 is 4.79 Å². The summed E-state index contributed by atoms with van der Waals surface area (Å²) in [4.78, 5) is 11.4. The lowest BCUT2D eigenvalue weighted by Crippen LogP contribution is -2.24. The minimum Gasteiger partial charge on any atom is -0.303 e. The van der Waals surface area contributed by atoms with Crippen LogP contribution in [0.2, 0.25) is 0 Å². The molecule has 2 heteroatoms. The molecule has 0 spiro atoms. The van der Waals surface area contributed by atoms with Crippen molar-refractivity contribution in [3.63, 3.8) is 0 Å². The average Bonchev–Trinajstić information content (AvgIpc) is 2.64. The van der Waals surface area contributed by atoms with E-state index < -0.39 is 0 Å². The highest BCUT2D eigenvalue weighted by Gasteiger charge is 2.30. The maximum absolute atomic E-state index is 11.4. The molecule has 82 valence electrons. The number of thiophene rings is 1. The first kappa shape index (κ1) is 10.9. The molecule has 1 aromatic heterocycles. The topological polar surface area (TPSA) is 17.1 Å². The molecule has 0 bridgehead atoms. The summed E-state index contributed by atoms with van der Waals surface area (Å²) in [5.41, 5.74) is 1.30. The molecule has 1 aliphatic rings. The maximum atomic E-state index is 11.4. The highest BCUT2D eigenvalue weighted by atomic mass is 32.1. The molecule has 0 unspecified atom stereocenters. The van der Waals surface area contributed by atoms with E-state index in [9.17, 15) is 4.79 Å². The van der Waals surface area contributed by atoms with Gasteiger partial charge in [0.2, 0.25) is 0 Å². The molecule has 1 aliphatic carbocycles. The quantitative estimate of drug-likeness (QED) is 0.561. The third kappa shape index (κ3) is 2.69. The van der Waals surface area contributed by atoms with Gasteiger partial charge in [-0.25, -0.2) is 0 Å². The Labute approximate surface area is 95.5 Å². The summed E-state index contributed by atoms with van der Waals surface area (Å²) in [5, 5.41) is 4.28. The number of carbonyl (C=O) groups excluding carboxylic acids is 1. The molecule has 2 rings (SSSR count). The summed E-state index contributed by atoms with van der Waals surface area (Å²) in [6, 6.07) is 2.15. The number of rotatable bonds is 3. The van der Waals surface area contributed by atoms with Gasteiger partial charge in [0.25, 0.3) is 0 Å². The Morgan fingerprint density at radius 1 is 1.27 bits per heavy atom. The van der Waals surface area contributed by atoms with Crippen LogP contribution < -0.4 is 0 Å². The first-order valence-corrected chi connectivity index (χ1v) is 6.76. The predicted molar refractivity (Wildman–Crippen MR) is 64.2 cm³/mol. The van der Waals surface area contributed by atoms with Gasteiger partial charge in [-0.05, 0) is 41.7 Å². The van der Waals surface area contributed by atoms with Crippen molar-refractivity contribution in [1.82, 2.24) is 0 Å². The second-order valence-electron chi connectivity index (χ2n) is 4.70. The molecule has 1 heterocycles. The summed E-state index contributed by atoms with van der Waals surface area (Å²) < 4.78 is 0. The average molecular weight is 222 g/mol. The molecule has 0 atom stereocenters. The van der Waals surface area contributed by atoms with E-state index in [1.165, 1.54) is 37.5 Å². The molecule has 15 heavy (non-hydrogen) atoms. The lowest BCUT2D eigenvalue weighted by atomic mass is 9.77. The lowest BCUT2D eigenvalue weighted by molar-refractivity contribution is -0.116. The first-order valence-electron chi connectivity index (χ1n) is 5.82. The maximum Gasteiger partial charge on any atom is 0.126 e. The molecule has 0 saturated heterocycles. The molecule has 1 aromatic rings. The summed E-state index contributed by atoms with van der Waals surface area (Å²) >= 11 is 1.73. The Morgan fingerprint density at radius 3 is 2.53 bits per heavy atom. The van der Waals surface area contributed by atoms with Gasteiger partial charge in [-0.3, -0.25) is 0 Å². The van der Waals surface area contributed by atoms with E-state index in [0.717, 1.165) is 19.3 Å². The zero-order valence-electron chi connectivity index (χ0n) is 9.08. The highest BCUT2D eigenvalue weighted by molar-refractivity contribution is 7.07. The fourth-order valence-corrected chi connectivity index (χ4v) is 3.24. The monoisotopic (exact) mass is 222 g/mol. The highest BCUT2D eigenvalue weighted by Crippen LogP contribution is 2.36. The largest absolute Gasteiger partial charge is 0.303 e. The number of hydrogen-bond donors (Lipinski definition) is 0. The summed E-state index contributed by atoms with van der Waals surface area (Å²) in [7, 11) is 0. The molecule has 0 aromatic carbocycles. The lowest BCUT2D eigenvalue weighted by Gasteiger charge is -2.25. The van der Waals surface area contributed by atoms with Crippen molar-refractivity contribution >= 4 is 17.6 Å². The van der Waals surface area contributed by atoms with E-state index in [4.69, 9.17) is 0 Å². The normalized spacial score (nSPS) is 20.8.